The van der Waals surface area contributed by atoms with Gasteiger partial charge in [0.2, 0.25) is 0 Å². The summed E-state index contributed by atoms with van der Waals surface area (Å²) in [4.78, 5) is -0.113. The predicted octanol–water partition coefficient (Wildman–Crippen LogP) is 2.24. The third-order valence-corrected chi connectivity index (χ3v) is 3.13. The van der Waals surface area contributed by atoms with Gasteiger partial charge in [0.05, 0.1) is 12.0 Å². The molecular formula is C11H16O4S. The molecule has 0 saturated carbocycles. The summed E-state index contributed by atoms with van der Waals surface area (Å²) >= 11 is 0. The minimum absolute atomic E-state index is 0.113. The smallest absolute Gasteiger partial charge is 0.294 e. The van der Waals surface area contributed by atoms with Crippen LogP contribution in [0.25, 0.3) is 0 Å². The Morgan fingerprint density at radius 3 is 2.19 bits per heavy atom. The van der Waals surface area contributed by atoms with Gasteiger partial charge in [-0.15, -0.1) is 0 Å². The fraction of sp³-hybridized carbons (Fsp3) is 0.455. The fourth-order valence-corrected chi connectivity index (χ4v) is 1.94. The molecule has 0 saturated heterocycles. The zero-order chi connectivity index (χ0) is 12.6. The van der Waals surface area contributed by atoms with Crippen molar-refractivity contribution in [1.82, 2.24) is 0 Å². The molecule has 4 nitrogen and oxygen atoms in total. The van der Waals surface area contributed by atoms with E-state index in [0.717, 1.165) is 5.56 Å². The van der Waals surface area contributed by atoms with Gasteiger partial charge in [0.1, 0.15) is 5.75 Å². The molecular weight excluding hydrogens is 228 g/mol. The normalized spacial score (nSPS) is 12.6. The van der Waals surface area contributed by atoms with Crippen molar-refractivity contribution in [3.63, 3.8) is 0 Å². The van der Waals surface area contributed by atoms with Gasteiger partial charge >= 0.3 is 0 Å². The van der Waals surface area contributed by atoms with Crippen molar-refractivity contribution in [2.24, 2.45) is 0 Å². The van der Waals surface area contributed by atoms with Crippen LogP contribution in [0.5, 0.6) is 5.75 Å². The van der Waals surface area contributed by atoms with Gasteiger partial charge in [-0.3, -0.25) is 4.55 Å². The van der Waals surface area contributed by atoms with E-state index in [1.165, 1.54) is 19.2 Å². The summed E-state index contributed by atoms with van der Waals surface area (Å²) in [7, 11) is -2.64. The Bertz CT molecular complexity index is 483. The summed E-state index contributed by atoms with van der Waals surface area (Å²) in [5, 5.41) is 0. The lowest BCUT2D eigenvalue weighted by Gasteiger charge is -2.22. The molecule has 0 radical (unpaired) electrons. The molecule has 0 aromatic heterocycles. The molecule has 1 N–H and O–H groups in total. The topological polar surface area (TPSA) is 63.6 Å². The Morgan fingerprint density at radius 2 is 1.81 bits per heavy atom. The number of benzene rings is 1. The Labute approximate surface area is 96.0 Å². The zero-order valence-electron chi connectivity index (χ0n) is 9.81. The molecule has 0 spiro atoms. The summed E-state index contributed by atoms with van der Waals surface area (Å²) in [6.07, 6.45) is 0. The molecule has 5 heteroatoms. The van der Waals surface area contributed by atoms with Crippen molar-refractivity contribution < 1.29 is 17.7 Å². The molecule has 0 aliphatic rings. The van der Waals surface area contributed by atoms with E-state index < -0.39 is 10.1 Å². The summed E-state index contributed by atoms with van der Waals surface area (Å²) in [5.41, 5.74) is 0.483. The number of rotatable bonds is 2. The van der Waals surface area contributed by atoms with Crippen LogP contribution >= 0.6 is 0 Å². The van der Waals surface area contributed by atoms with Gasteiger partial charge in [0.15, 0.2) is 0 Å². The molecule has 1 aromatic carbocycles. The van der Waals surface area contributed by atoms with Crippen molar-refractivity contribution in [3.05, 3.63) is 23.8 Å². The molecule has 16 heavy (non-hydrogen) atoms. The van der Waals surface area contributed by atoms with Crippen LogP contribution in [0.4, 0.5) is 0 Å². The van der Waals surface area contributed by atoms with E-state index in [-0.39, 0.29) is 10.3 Å². The average molecular weight is 244 g/mol. The second kappa shape index (κ2) is 4.07. The van der Waals surface area contributed by atoms with Crippen molar-refractivity contribution in [1.29, 1.82) is 0 Å². The number of methoxy groups -OCH3 is 1. The Kier molecular flexibility index (Phi) is 3.30. The molecule has 0 amide bonds. The van der Waals surface area contributed by atoms with Crippen LogP contribution in [-0.4, -0.2) is 20.1 Å². The maximum atomic E-state index is 11.0. The van der Waals surface area contributed by atoms with Crippen LogP contribution in [0, 0.1) is 0 Å². The highest BCUT2D eigenvalue weighted by Gasteiger charge is 2.21. The fourth-order valence-electron chi connectivity index (χ4n) is 1.43. The maximum Gasteiger partial charge on any atom is 0.294 e. The minimum atomic E-state index is -4.17. The highest BCUT2D eigenvalue weighted by molar-refractivity contribution is 7.85. The van der Waals surface area contributed by atoms with Crippen LogP contribution in [0.15, 0.2) is 23.1 Å². The number of ether oxygens (including phenoxy) is 1. The number of hydrogen-bond acceptors (Lipinski definition) is 3. The first-order valence-corrected chi connectivity index (χ1v) is 6.26. The van der Waals surface area contributed by atoms with E-state index >= 15 is 0 Å². The maximum absolute atomic E-state index is 11.0. The molecule has 0 bridgehead atoms. The number of hydrogen-bond donors (Lipinski definition) is 1. The standard InChI is InChI=1S/C11H16O4S/c1-11(2,3)9-7-8(16(12,13)14)5-6-10(9)15-4/h5-7H,1-4H3,(H,12,13,14). The second-order valence-corrected chi connectivity index (χ2v) is 6.01. The van der Waals surface area contributed by atoms with Crippen molar-refractivity contribution in [2.75, 3.05) is 7.11 Å². The first-order valence-electron chi connectivity index (χ1n) is 4.82. The first kappa shape index (κ1) is 13.0. The Hall–Kier alpha value is -1.07. The molecule has 90 valence electrons. The molecule has 0 fully saturated rings. The van der Waals surface area contributed by atoms with E-state index in [4.69, 9.17) is 9.29 Å². The van der Waals surface area contributed by atoms with Gasteiger partial charge in [0.25, 0.3) is 10.1 Å². The largest absolute Gasteiger partial charge is 0.496 e. The monoisotopic (exact) mass is 244 g/mol. The van der Waals surface area contributed by atoms with E-state index in [2.05, 4.69) is 0 Å². The second-order valence-electron chi connectivity index (χ2n) is 4.59. The lowest BCUT2D eigenvalue weighted by atomic mass is 9.86. The molecule has 0 atom stereocenters. The van der Waals surface area contributed by atoms with Gasteiger partial charge in [-0.1, -0.05) is 20.8 Å². The Balaban J connectivity index is 3.45. The molecule has 1 aromatic rings. The van der Waals surface area contributed by atoms with E-state index in [9.17, 15) is 8.42 Å². The zero-order valence-corrected chi connectivity index (χ0v) is 10.6. The first-order chi connectivity index (χ1) is 7.16. The van der Waals surface area contributed by atoms with Crippen molar-refractivity contribution >= 4 is 10.1 Å². The highest BCUT2D eigenvalue weighted by Crippen LogP contribution is 2.32. The molecule has 0 aliphatic heterocycles. The van der Waals surface area contributed by atoms with Gasteiger partial charge < -0.3 is 4.74 Å². The molecule has 0 aliphatic carbocycles. The van der Waals surface area contributed by atoms with Crippen LogP contribution in [0.3, 0.4) is 0 Å². The van der Waals surface area contributed by atoms with E-state index in [1.54, 1.807) is 6.07 Å². The van der Waals surface area contributed by atoms with Crippen LogP contribution < -0.4 is 4.74 Å². The van der Waals surface area contributed by atoms with Crippen molar-refractivity contribution in [2.45, 2.75) is 31.1 Å². The van der Waals surface area contributed by atoms with E-state index in [1.807, 2.05) is 20.8 Å². The van der Waals surface area contributed by atoms with Crippen LogP contribution in [0.2, 0.25) is 0 Å². The molecule has 1 rings (SSSR count). The lowest BCUT2D eigenvalue weighted by Crippen LogP contribution is -2.14. The molecule has 0 unspecified atom stereocenters. The summed E-state index contributed by atoms with van der Waals surface area (Å²) in [6, 6.07) is 4.31. The van der Waals surface area contributed by atoms with Gasteiger partial charge in [0, 0.05) is 5.56 Å². The summed E-state index contributed by atoms with van der Waals surface area (Å²) in [6.45, 7) is 5.83. The predicted molar refractivity (Wildman–Crippen MR) is 61.5 cm³/mol. The summed E-state index contributed by atoms with van der Waals surface area (Å²) < 4.78 is 36.2. The van der Waals surface area contributed by atoms with Gasteiger partial charge in [-0.2, -0.15) is 8.42 Å². The summed E-state index contributed by atoms with van der Waals surface area (Å²) in [5.74, 6) is 0.611. The quantitative estimate of drug-likeness (QED) is 0.810. The van der Waals surface area contributed by atoms with E-state index in [0.29, 0.717) is 5.75 Å². The van der Waals surface area contributed by atoms with Crippen molar-refractivity contribution in [3.8, 4) is 5.75 Å². The third kappa shape index (κ3) is 2.74. The third-order valence-electron chi connectivity index (χ3n) is 2.28. The molecule has 0 heterocycles. The van der Waals surface area contributed by atoms with Crippen LogP contribution in [0.1, 0.15) is 26.3 Å². The average Bonchev–Trinajstić information content (AvgIpc) is 2.14. The van der Waals surface area contributed by atoms with Gasteiger partial charge in [-0.05, 0) is 23.6 Å². The highest BCUT2D eigenvalue weighted by atomic mass is 32.2. The SMILES string of the molecule is COc1ccc(S(=O)(=O)O)cc1C(C)(C)C. The minimum Gasteiger partial charge on any atom is -0.496 e. The lowest BCUT2D eigenvalue weighted by molar-refractivity contribution is 0.396. The van der Waals surface area contributed by atoms with Gasteiger partial charge in [-0.25, -0.2) is 0 Å². The Morgan fingerprint density at radius 1 is 1.25 bits per heavy atom. The van der Waals surface area contributed by atoms with Crippen LogP contribution in [-0.2, 0) is 15.5 Å².